The Balaban J connectivity index is 0.00000117. The second-order valence-corrected chi connectivity index (χ2v) is 9.98. The smallest absolute Gasteiger partial charge is 0.0625 e. The summed E-state index contributed by atoms with van der Waals surface area (Å²) in [5.74, 6) is 1.57. The molecule has 4 rings (SSSR count). The quantitative estimate of drug-likeness (QED) is 0.605. The van der Waals surface area contributed by atoms with Crippen LogP contribution in [-0.2, 0) is 0 Å². The van der Waals surface area contributed by atoms with Crippen molar-refractivity contribution < 1.29 is 19.4 Å². The average Bonchev–Trinajstić information content (AvgIpc) is 3.01. The minimum absolute atomic E-state index is 0.0883. The molecule has 8 atom stereocenters. The molecule has 150 valence electrons. The number of hydrogen-bond donors (Lipinski definition) is 3. The van der Waals surface area contributed by atoms with Crippen molar-refractivity contribution in [3.63, 3.8) is 0 Å². The Morgan fingerprint density at radius 2 is 1.85 bits per heavy atom. The van der Waals surface area contributed by atoms with Gasteiger partial charge in [0.2, 0.25) is 0 Å². The van der Waals surface area contributed by atoms with Crippen molar-refractivity contribution in [2.75, 3.05) is 7.11 Å². The molecular formula is C23H40O3. The summed E-state index contributed by atoms with van der Waals surface area (Å²) < 4.78 is 23.7. The zero-order chi connectivity index (χ0) is 21.8. The number of rotatable bonds is 1. The van der Waals surface area contributed by atoms with Gasteiger partial charge in [0, 0.05) is 11.2 Å². The van der Waals surface area contributed by atoms with Crippen LogP contribution in [0.25, 0.3) is 0 Å². The van der Waals surface area contributed by atoms with Gasteiger partial charge in [-0.05, 0) is 99.6 Å². The molecule has 3 heteroatoms. The molecule has 0 unspecified atom stereocenters. The number of aliphatic hydroxyl groups is 3. The molecule has 0 heterocycles. The third-order valence-corrected chi connectivity index (χ3v) is 8.76. The van der Waals surface area contributed by atoms with E-state index in [0.29, 0.717) is 17.8 Å². The zero-order valence-corrected chi connectivity index (χ0v) is 17.0. The summed E-state index contributed by atoms with van der Waals surface area (Å²) in [6.45, 7) is 3.89. The van der Waals surface area contributed by atoms with Crippen molar-refractivity contribution in [1.82, 2.24) is 0 Å². The summed E-state index contributed by atoms with van der Waals surface area (Å²) >= 11 is 0. The Morgan fingerprint density at radius 3 is 2.54 bits per heavy atom. The molecule has 0 aliphatic heterocycles. The van der Waals surface area contributed by atoms with Crippen LogP contribution in [0.1, 0.15) is 83.1 Å². The van der Waals surface area contributed by atoms with Gasteiger partial charge < -0.3 is 15.3 Å². The maximum absolute atomic E-state index is 11.0. The van der Waals surface area contributed by atoms with Crippen LogP contribution in [-0.4, -0.2) is 34.1 Å². The Hall–Kier alpha value is -0.380. The second kappa shape index (κ2) is 6.90. The van der Waals surface area contributed by atoms with E-state index in [0.717, 1.165) is 58.5 Å². The normalized spacial score (nSPS) is 51.7. The lowest BCUT2D eigenvalue weighted by Crippen LogP contribution is -2.52. The van der Waals surface area contributed by atoms with Gasteiger partial charge in [-0.1, -0.05) is 25.5 Å². The lowest BCUT2D eigenvalue weighted by atomic mass is 9.47. The fraction of sp³-hybridized carbons (Fsp3) is 0.913. The lowest BCUT2D eigenvalue weighted by molar-refractivity contribution is -0.0948. The van der Waals surface area contributed by atoms with Gasteiger partial charge in [0.1, 0.15) is 0 Å². The SMILES string of the molecule is CO.[2H]C([2H])([2H])[C@](C)(O)[C@H]1CC[C@H]2[C@@H]3CC=C4C[C@@H](O)CC[C@]4(C)[C@H]3CC[C@@]21C. The molecule has 0 aromatic rings. The van der Waals surface area contributed by atoms with Gasteiger partial charge in [-0.3, -0.25) is 0 Å². The van der Waals surface area contributed by atoms with Gasteiger partial charge in [0.25, 0.3) is 0 Å². The van der Waals surface area contributed by atoms with E-state index in [2.05, 4.69) is 19.9 Å². The monoisotopic (exact) mass is 367 g/mol. The van der Waals surface area contributed by atoms with Crippen LogP contribution in [0.3, 0.4) is 0 Å². The van der Waals surface area contributed by atoms with Gasteiger partial charge in [-0.25, -0.2) is 0 Å². The van der Waals surface area contributed by atoms with Crippen LogP contribution >= 0.6 is 0 Å². The molecule has 3 N–H and O–H groups in total. The summed E-state index contributed by atoms with van der Waals surface area (Å²) in [5, 5.41) is 28.1. The molecule has 4 aliphatic rings. The Kier molecular flexibility index (Phi) is 4.40. The second-order valence-electron chi connectivity index (χ2n) is 9.98. The van der Waals surface area contributed by atoms with Crippen LogP contribution in [0, 0.1) is 34.5 Å². The maximum Gasteiger partial charge on any atom is 0.0625 e. The first-order chi connectivity index (χ1) is 13.4. The molecule has 0 aromatic carbocycles. The summed E-state index contributed by atoms with van der Waals surface area (Å²) in [6, 6.07) is 0. The number of aliphatic hydroxyl groups excluding tert-OH is 2. The molecule has 3 saturated carbocycles. The zero-order valence-electron chi connectivity index (χ0n) is 20.0. The summed E-state index contributed by atoms with van der Waals surface area (Å²) in [6.07, 6.45) is 10.1. The van der Waals surface area contributed by atoms with E-state index in [4.69, 9.17) is 9.22 Å². The average molecular weight is 368 g/mol. The van der Waals surface area contributed by atoms with Crippen molar-refractivity contribution in [2.24, 2.45) is 34.5 Å². The molecule has 0 amide bonds. The van der Waals surface area contributed by atoms with Gasteiger partial charge in [-0.2, -0.15) is 0 Å². The first kappa shape index (κ1) is 16.6. The molecule has 26 heavy (non-hydrogen) atoms. The Morgan fingerprint density at radius 1 is 1.12 bits per heavy atom. The fourth-order valence-electron chi connectivity index (χ4n) is 7.57. The first-order valence-electron chi connectivity index (χ1n) is 12.0. The molecule has 3 nitrogen and oxygen atoms in total. The van der Waals surface area contributed by atoms with Crippen molar-refractivity contribution in [3.05, 3.63) is 11.6 Å². The minimum Gasteiger partial charge on any atom is -0.400 e. The topological polar surface area (TPSA) is 60.7 Å². The van der Waals surface area contributed by atoms with Crippen LogP contribution in [0.4, 0.5) is 0 Å². The predicted octanol–water partition coefficient (Wildman–Crippen LogP) is 4.31. The molecule has 0 radical (unpaired) electrons. The summed E-state index contributed by atoms with van der Waals surface area (Å²) in [4.78, 5) is 0. The van der Waals surface area contributed by atoms with Gasteiger partial charge in [-0.15, -0.1) is 0 Å². The van der Waals surface area contributed by atoms with Gasteiger partial charge >= 0.3 is 0 Å². The van der Waals surface area contributed by atoms with Crippen molar-refractivity contribution in [2.45, 2.75) is 90.7 Å². The van der Waals surface area contributed by atoms with Crippen molar-refractivity contribution in [3.8, 4) is 0 Å². The highest BCUT2D eigenvalue weighted by Gasteiger charge is 2.60. The van der Waals surface area contributed by atoms with E-state index in [1.54, 1.807) is 6.92 Å². The minimum atomic E-state index is -2.34. The van der Waals surface area contributed by atoms with E-state index in [1.807, 2.05) is 0 Å². The third kappa shape index (κ3) is 2.99. The predicted molar refractivity (Wildman–Crippen MR) is 106 cm³/mol. The van der Waals surface area contributed by atoms with E-state index in [-0.39, 0.29) is 22.9 Å². The van der Waals surface area contributed by atoms with Crippen LogP contribution in [0.2, 0.25) is 0 Å². The number of hydrogen-bond acceptors (Lipinski definition) is 3. The molecule has 0 saturated heterocycles. The highest BCUT2D eigenvalue weighted by atomic mass is 16.3. The molecule has 4 aliphatic carbocycles. The Labute approximate surface area is 164 Å². The molecular weight excluding hydrogens is 324 g/mol. The highest BCUT2D eigenvalue weighted by molar-refractivity contribution is 5.25. The summed E-state index contributed by atoms with van der Waals surface area (Å²) in [7, 11) is 1.00. The largest absolute Gasteiger partial charge is 0.400 e. The highest BCUT2D eigenvalue weighted by Crippen LogP contribution is 2.67. The molecule has 0 spiro atoms. The maximum atomic E-state index is 11.0. The van der Waals surface area contributed by atoms with Crippen molar-refractivity contribution in [1.29, 1.82) is 0 Å². The molecule has 0 aromatic heterocycles. The standard InChI is InChI=1S/C22H36O2.CH4O/c1-20(2,24)19-8-7-17-16-6-5-14-13-15(23)9-11-21(14,3)18(16)10-12-22(17,19)4;1-2/h5,15-19,23-24H,6-13H2,1-4H3;2H,1H3/t15-,16-,17-,18-,19+,21-,22-;/m0./s1/i1D3;/t15-,16-,17-,18-,19+,20+,21-,22-;. The van der Waals surface area contributed by atoms with Gasteiger partial charge in [0.05, 0.1) is 11.7 Å². The van der Waals surface area contributed by atoms with E-state index in [9.17, 15) is 10.2 Å². The van der Waals surface area contributed by atoms with Crippen molar-refractivity contribution >= 4 is 0 Å². The van der Waals surface area contributed by atoms with Crippen LogP contribution < -0.4 is 0 Å². The number of fused-ring (bicyclic) bond motifs is 5. The lowest BCUT2D eigenvalue weighted by Gasteiger charge is -2.58. The third-order valence-electron chi connectivity index (χ3n) is 8.76. The van der Waals surface area contributed by atoms with Crippen LogP contribution in [0.5, 0.6) is 0 Å². The fourth-order valence-corrected chi connectivity index (χ4v) is 7.57. The Bertz CT molecular complexity index is 644. The first-order valence-corrected chi connectivity index (χ1v) is 10.5. The van der Waals surface area contributed by atoms with E-state index < -0.39 is 12.5 Å². The molecule has 3 fully saturated rings. The van der Waals surface area contributed by atoms with Crippen LogP contribution in [0.15, 0.2) is 11.6 Å². The molecule has 0 bridgehead atoms. The number of allylic oxidation sites excluding steroid dienone is 1. The van der Waals surface area contributed by atoms with Gasteiger partial charge in [0.15, 0.2) is 0 Å². The van der Waals surface area contributed by atoms with E-state index in [1.165, 1.54) is 5.57 Å². The summed E-state index contributed by atoms with van der Waals surface area (Å²) in [5.41, 5.74) is -0.0314. The van der Waals surface area contributed by atoms with E-state index >= 15 is 0 Å².